The topological polar surface area (TPSA) is 19.4 Å². The van der Waals surface area contributed by atoms with Gasteiger partial charge >= 0.3 is 0 Å². The summed E-state index contributed by atoms with van der Waals surface area (Å²) in [4.78, 5) is 15.4. The Balaban J connectivity index is 0.709. The minimum Gasteiger partial charge on any atom is -0.311 e. The van der Waals surface area contributed by atoms with Crippen LogP contribution in [0.25, 0.3) is 76.1 Å². The zero-order chi connectivity index (χ0) is 77.7. The fourth-order valence-electron chi connectivity index (χ4n) is 21.7. The Labute approximate surface area is 691 Å². The smallest absolute Gasteiger partial charge is 0.252 e. The van der Waals surface area contributed by atoms with Crippen LogP contribution in [-0.2, 0) is 0 Å². The zero-order valence-electron chi connectivity index (χ0n) is 64.8. The summed E-state index contributed by atoms with van der Waals surface area (Å²) in [6, 6.07) is 158. The van der Waals surface area contributed by atoms with Gasteiger partial charge in [-0.1, -0.05) is 291 Å². The summed E-state index contributed by atoms with van der Waals surface area (Å²) in [7, 11) is 0. The minimum atomic E-state index is -0.190. The molecule has 0 spiro atoms. The third-order valence-electron chi connectivity index (χ3n) is 26.4. The number of benzene rings is 20. The second kappa shape index (κ2) is 25.6. The van der Waals surface area contributed by atoms with Crippen molar-refractivity contribution in [1.29, 1.82) is 0 Å². The summed E-state index contributed by atoms with van der Waals surface area (Å²) in [6.45, 7) is -0.312. The molecule has 9 heteroatoms. The molecule has 0 fully saturated rings. The minimum absolute atomic E-state index is 0.000580. The maximum atomic E-state index is 2.61. The van der Waals surface area contributed by atoms with Crippen molar-refractivity contribution in [1.82, 2.24) is 0 Å². The lowest BCUT2D eigenvalue weighted by Gasteiger charge is -2.45. The predicted molar refractivity (Wildman–Crippen MR) is 507 cm³/mol. The van der Waals surface area contributed by atoms with Gasteiger partial charge in [-0.3, -0.25) is 0 Å². The molecule has 26 rings (SSSR count). The number of hydrogen-bond acceptors (Lipinski definition) is 6. The summed E-state index contributed by atoms with van der Waals surface area (Å²) >= 11 is 0. The van der Waals surface area contributed by atoms with Crippen LogP contribution in [0.4, 0.5) is 102 Å². The third kappa shape index (κ3) is 9.52. The van der Waals surface area contributed by atoms with Crippen LogP contribution in [0.15, 0.2) is 419 Å². The maximum Gasteiger partial charge on any atom is 0.252 e. The summed E-state index contributed by atoms with van der Waals surface area (Å²) in [5, 5.41) is 11.9. The van der Waals surface area contributed by atoms with Gasteiger partial charge in [0.05, 0.1) is 17.1 Å². The van der Waals surface area contributed by atoms with E-state index in [1.165, 1.54) is 160 Å². The van der Waals surface area contributed by atoms with Gasteiger partial charge in [-0.05, 0) is 226 Å². The summed E-state index contributed by atoms with van der Waals surface area (Å²) in [5.41, 5.74) is 37.2. The number of rotatable bonds is 8. The Morgan fingerprint density at radius 1 is 0.151 bits per heavy atom. The van der Waals surface area contributed by atoms with Gasteiger partial charge in [-0.15, -0.1) is 0 Å². The normalized spacial score (nSPS) is 13.6. The van der Waals surface area contributed by atoms with Crippen LogP contribution < -0.4 is 78.6 Å². The number of anilines is 18. The molecule has 6 nitrogen and oxygen atoms in total. The van der Waals surface area contributed by atoms with Crippen LogP contribution >= 0.6 is 0 Å². The Hall–Kier alpha value is -15.3. The van der Waals surface area contributed by atoms with Gasteiger partial charge in [0, 0.05) is 112 Å². The van der Waals surface area contributed by atoms with Crippen molar-refractivity contribution in [2.75, 3.05) is 29.4 Å². The largest absolute Gasteiger partial charge is 0.311 e. The van der Waals surface area contributed by atoms with Crippen molar-refractivity contribution in [2.24, 2.45) is 0 Å². The van der Waals surface area contributed by atoms with E-state index in [0.717, 1.165) is 67.6 Å². The maximum absolute atomic E-state index is 2.61. The average Bonchev–Trinajstić information content (AvgIpc) is 0.689. The van der Waals surface area contributed by atoms with E-state index in [4.69, 9.17) is 0 Å². The van der Waals surface area contributed by atoms with E-state index >= 15 is 0 Å². The van der Waals surface area contributed by atoms with Gasteiger partial charge in [-0.2, -0.15) is 0 Å². The van der Waals surface area contributed by atoms with Crippen LogP contribution in [0.5, 0.6) is 0 Å². The molecule has 0 unspecified atom stereocenters. The van der Waals surface area contributed by atoms with Crippen LogP contribution in [0.2, 0.25) is 0 Å². The van der Waals surface area contributed by atoms with Crippen molar-refractivity contribution >= 4 is 226 Å². The van der Waals surface area contributed by atoms with E-state index in [1.807, 2.05) is 0 Å². The number of para-hydroxylation sites is 9. The molecule has 6 aliphatic rings. The first kappa shape index (κ1) is 66.0. The third-order valence-corrected chi connectivity index (χ3v) is 26.4. The van der Waals surface area contributed by atoms with Crippen LogP contribution in [0.3, 0.4) is 0 Å². The Bertz CT molecular complexity index is 7670. The molecule has 20 aromatic rings. The zero-order valence-corrected chi connectivity index (χ0v) is 64.8. The summed E-state index contributed by atoms with van der Waals surface area (Å²) < 4.78 is 0. The highest BCUT2D eigenvalue weighted by Crippen LogP contribution is 2.55. The highest BCUT2D eigenvalue weighted by molar-refractivity contribution is 7.02. The molecule has 6 aliphatic heterocycles. The molecule has 0 aromatic heterocycles. The lowest BCUT2D eigenvalue weighted by atomic mass is 9.33. The predicted octanol–water partition coefficient (Wildman–Crippen LogP) is 23.0. The van der Waals surface area contributed by atoms with Crippen LogP contribution in [0, 0.1) is 0 Å². The molecular formula is C110H69B3N6. The van der Waals surface area contributed by atoms with Crippen molar-refractivity contribution < 1.29 is 0 Å². The van der Waals surface area contributed by atoms with Gasteiger partial charge in [0.25, 0.3) is 20.1 Å². The fourth-order valence-corrected chi connectivity index (χ4v) is 21.7. The second-order valence-corrected chi connectivity index (χ2v) is 32.5. The molecule has 0 saturated carbocycles. The average molecular weight is 1510 g/mol. The molecule has 0 N–H and O–H groups in total. The summed E-state index contributed by atoms with van der Waals surface area (Å²) in [5.74, 6) is 0. The van der Waals surface area contributed by atoms with Gasteiger partial charge in [0.15, 0.2) is 0 Å². The van der Waals surface area contributed by atoms with Gasteiger partial charge < -0.3 is 29.4 Å². The van der Waals surface area contributed by atoms with Gasteiger partial charge in [0.1, 0.15) is 0 Å². The Morgan fingerprint density at radius 3 is 1.01 bits per heavy atom. The first-order valence-electron chi connectivity index (χ1n) is 41.5. The Morgan fingerprint density at radius 2 is 0.479 bits per heavy atom. The molecule has 0 saturated heterocycles. The highest BCUT2D eigenvalue weighted by atomic mass is 15.2. The molecule has 20 aromatic carbocycles. The van der Waals surface area contributed by atoms with Gasteiger partial charge in [0.2, 0.25) is 0 Å². The first-order chi connectivity index (χ1) is 59.1. The Kier molecular flexibility index (Phi) is 14.2. The van der Waals surface area contributed by atoms with E-state index in [2.05, 4.69) is 448 Å². The molecular weight excluding hydrogens is 1440 g/mol. The molecule has 119 heavy (non-hydrogen) atoms. The van der Waals surface area contributed by atoms with Crippen LogP contribution in [0.1, 0.15) is 0 Å². The molecule has 548 valence electrons. The van der Waals surface area contributed by atoms with E-state index in [9.17, 15) is 0 Å². The quantitative estimate of drug-likeness (QED) is 0.140. The van der Waals surface area contributed by atoms with Crippen LogP contribution in [-0.4, -0.2) is 20.1 Å². The molecule has 0 bridgehead atoms. The van der Waals surface area contributed by atoms with Crippen molar-refractivity contribution in [3.63, 3.8) is 0 Å². The molecule has 0 atom stereocenters. The van der Waals surface area contributed by atoms with Crippen molar-refractivity contribution in [3.05, 3.63) is 419 Å². The van der Waals surface area contributed by atoms with Crippen molar-refractivity contribution in [2.45, 2.75) is 0 Å². The number of fused-ring (bicyclic) bond motifs is 22. The lowest BCUT2D eigenvalue weighted by molar-refractivity contribution is 1.26. The monoisotopic (exact) mass is 1510 g/mol. The first-order valence-corrected chi connectivity index (χ1v) is 41.5. The fraction of sp³-hybridized carbons (Fsp3) is 0. The van der Waals surface area contributed by atoms with Crippen molar-refractivity contribution in [3.8, 4) is 22.3 Å². The van der Waals surface area contributed by atoms with E-state index < -0.39 is 0 Å². The second-order valence-electron chi connectivity index (χ2n) is 32.5. The number of hydrogen-bond donors (Lipinski definition) is 0. The molecule has 0 radical (unpaired) electrons. The van der Waals surface area contributed by atoms with E-state index in [1.54, 1.807) is 0 Å². The standard InChI is InChI=1S/C110H69B3N6/c1-7-33-77(34-8-1)114-97-53-29-26-50-91(97)112-95-69-89(87-47-23-24-48-88(87)107(95)119(82-43-17-6-18-44-82)110-84-46-22-20-32-73(84)66-100(114)104(110)112)74-56-60-86-76(64-74)68-102-105-109(86)117(80-39-13-4-14-40-80)99-62-58-72(65-94(99)113(105)93-61-57-70-31-19-21-45-83(70)106(93)118(102)81-41-15-5-16-42-81)71-55-59-85-75(63-71)67-101-103-108(85)116(79-37-11-3-12-38-79)98-54-30-27-51-92(98)111(103)90-49-25-28-52-96(90)115(101)78-35-9-2-10-36-78/h1-69H. The molecule has 6 heterocycles. The SMILES string of the molecule is c1ccc(N2c3ccccc3B3c4ccccc4N(c4ccccc4)c4c3c2cc2cc(-c3ccc5c(c3)B3c6ccc7ccccc7c6N(c6ccccc6)c6cc7cc(-c8cc9c(c%10ccccc8%10)N(c8ccccc8)c8c%10c(cc%11ccccc8%11)N(c8ccccc8)c8ccccc8B9%10)ccc7c(c63)N5c3ccccc3)ccc42)cc1. The van der Waals surface area contributed by atoms with E-state index in [-0.39, 0.29) is 20.1 Å². The highest BCUT2D eigenvalue weighted by Gasteiger charge is 2.49. The van der Waals surface area contributed by atoms with E-state index in [0.29, 0.717) is 0 Å². The molecule has 0 aliphatic carbocycles. The number of nitrogens with zero attached hydrogens (tertiary/aromatic N) is 6. The summed E-state index contributed by atoms with van der Waals surface area (Å²) in [6.07, 6.45) is 0. The van der Waals surface area contributed by atoms with Gasteiger partial charge in [-0.25, -0.2) is 0 Å². The lowest BCUT2D eigenvalue weighted by Crippen LogP contribution is -2.61. The molecule has 0 amide bonds.